The van der Waals surface area contributed by atoms with E-state index in [0.29, 0.717) is 6.54 Å². The highest BCUT2D eigenvalue weighted by Crippen LogP contribution is 2.18. The van der Waals surface area contributed by atoms with Gasteiger partial charge in [-0.15, -0.1) is 0 Å². The van der Waals surface area contributed by atoms with Crippen molar-refractivity contribution in [3.63, 3.8) is 0 Å². The number of hydrogen-bond acceptors (Lipinski definition) is 2. The van der Waals surface area contributed by atoms with Crippen LogP contribution >= 0.6 is 0 Å². The van der Waals surface area contributed by atoms with Gasteiger partial charge in [-0.25, -0.2) is 4.39 Å². The number of carbonyl (C=O) groups excluding carboxylic acids is 1. The topological polar surface area (TPSA) is 29.5 Å². The monoisotopic (exact) mass is 301 g/mol. The maximum Gasteiger partial charge on any atom is 0.226 e. The lowest BCUT2D eigenvalue weighted by molar-refractivity contribution is -0.129. The Morgan fingerprint density at radius 2 is 1.82 bits per heavy atom. The molecule has 22 heavy (non-hydrogen) atoms. The summed E-state index contributed by atoms with van der Waals surface area (Å²) < 4.78 is 18.2. The Morgan fingerprint density at radius 3 is 2.50 bits per heavy atom. The number of halogens is 1. The number of carbonyl (C=O) groups is 1. The van der Waals surface area contributed by atoms with Crippen LogP contribution in [0.25, 0.3) is 0 Å². The minimum atomic E-state index is -0.291. The Bertz CT molecular complexity index is 625. The molecule has 0 aromatic heterocycles. The van der Waals surface area contributed by atoms with Crippen molar-refractivity contribution in [1.29, 1.82) is 0 Å². The standard InChI is InChI=1S/C18H20FNO2/c1-20(12-11-15-5-3-4-6-17(15)22-2)18(21)13-14-7-9-16(19)10-8-14/h3-10H,11-13H2,1-2H3. The number of ether oxygens (including phenoxy) is 1. The summed E-state index contributed by atoms with van der Waals surface area (Å²) in [5.74, 6) is 0.559. The number of rotatable bonds is 6. The summed E-state index contributed by atoms with van der Waals surface area (Å²) in [5.41, 5.74) is 1.89. The van der Waals surface area contributed by atoms with Gasteiger partial charge >= 0.3 is 0 Å². The first-order valence-electron chi connectivity index (χ1n) is 7.20. The third kappa shape index (κ3) is 4.32. The maximum absolute atomic E-state index is 12.9. The van der Waals surface area contributed by atoms with Crippen LogP contribution in [0.3, 0.4) is 0 Å². The van der Waals surface area contributed by atoms with Crippen molar-refractivity contribution >= 4 is 5.91 Å². The maximum atomic E-state index is 12.9. The number of hydrogen-bond donors (Lipinski definition) is 0. The normalized spacial score (nSPS) is 10.3. The Labute approximate surface area is 130 Å². The SMILES string of the molecule is COc1ccccc1CCN(C)C(=O)Cc1ccc(F)cc1. The lowest BCUT2D eigenvalue weighted by Gasteiger charge is -2.18. The van der Waals surface area contributed by atoms with Crippen LogP contribution in [-0.4, -0.2) is 31.5 Å². The van der Waals surface area contributed by atoms with E-state index in [1.165, 1.54) is 12.1 Å². The third-order valence-electron chi connectivity index (χ3n) is 3.60. The third-order valence-corrected chi connectivity index (χ3v) is 3.60. The Hall–Kier alpha value is -2.36. The van der Waals surface area contributed by atoms with Crippen LogP contribution < -0.4 is 4.74 Å². The average Bonchev–Trinajstić information content (AvgIpc) is 2.54. The molecule has 0 aliphatic carbocycles. The molecule has 3 nitrogen and oxygen atoms in total. The quantitative estimate of drug-likeness (QED) is 0.820. The fraction of sp³-hybridized carbons (Fsp3) is 0.278. The van der Waals surface area contributed by atoms with Gasteiger partial charge < -0.3 is 9.64 Å². The van der Waals surface area contributed by atoms with Crippen molar-refractivity contribution < 1.29 is 13.9 Å². The van der Waals surface area contributed by atoms with Gasteiger partial charge in [-0.1, -0.05) is 30.3 Å². The number of methoxy groups -OCH3 is 1. The van der Waals surface area contributed by atoms with Crippen molar-refractivity contribution in [1.82, 2.24) is 4.90 Å². The zero-order chi connectivity index (χ0) is 15.9. The van der Waals surface area contributed by atoms with Gasteiger partial charge in [0.25, 0.3) is 0 Å². The minimum Gasteiger partial charge on any atom is -0.496 e. The first-order chi connectivity index (χ1) is 10.6. The molecular formula is C18H20FNO2. The van der Waals surface area contributed by atoms with E-state index in [0.717, 1.165) is 23.3 Å². The molecule has 2 aromatic carbocycles. The molecule has 2 rings (SSSR count). The first kappa shape index (κ1) is 16.0. The molecule has 2 aromatic rings. The van der Waals surface area contributed by atoms with E-state index in [4.69, 9.17) is 4.74 Å². The molecule has 0 aliphatic rings. The molecule has 0 heterocycles. The first-order valence-corrected chi connectivity index (χ1v) is 7.20. The molecule has 0 saturated carbocycles. The van der Waals surface area contributed by atoms with E-state index >= 15 is 0 Å². The zero-order valence-corrected chi connectivity index (χ0v) is 12.9. The fourth-order valence-electron chi connectivity index (χ4n) is 2.23. The van der Waals surface area contributed by atoms with Crippen LogP contribution in [-0.2, 0) is 17.6 Å². The zero-order valence-electron chi connectivity index (χ0n) is 12.9. The van der Waals surface area contributed by atoms with Crippen LogP contribution in [0, 0.1) is 5.82 Å². The van der Waals surface area contributed by atoms with Crippen molar-refractivity contribution in [2.24, 2.45) is 0 Å². The summed E-state index contributed by atoms with van der Waals surface area (Å²) in [5, 5.41) is 0. The molecule has 0 spiro atoms. The van der Waals surface area contributed by atoms with Crippen LogP contribution in [0.1, 0.15) is 11.1 Å². The second kappa shape index (κ2) is 7.59. The molecule has 0 unspecified atom stereocenters. The largest absolute Gasteiger partial charge is 0.496 e. The number of nitrogens with zero attached hydrogens (tertiary/aromatic N) is 1. The highest BCUT2D eigenvalue weighted by atomic mass is 19.1. The summed E-state index contributed by atoms with van der Waals surface area (Å²) in [4.78, 5) is 13.9. The van der Waals surface area contributed by atoms with Crippen molar-refractivity contribution in [2.75, 3.05) is 20.7 Å². The highest BCUT2D eigenvalue weighted by molar-refractivity contribution is 5.78. The van der Waals surface area contributed by atoms with Crippen LogP contribution in [0.2, 0.25) is 0 Å². The van der Waals surface area contributed by atoms with Gasteiger partial charge in [0.2, 0.25) is 5.91 Å². The molecule has 0 bridgehead atoms. The van der Waals surface area contributed by atoms with Gasteiger partial charge in [-0.2, -0.15) is 0 Å². The fourth-order valence-corrected chi connectivity index (χ4v) is 2.23. The van der Waals surface area contributed by atoms with Gasteiger partial charge in [0, 0.05) is 13.6 Å². The van der Waals surface area contributed by atoms with E-state index in [1.54, 1.807) is 31.2 Å². The summed E-state index contributed by atoms with van der Waals surface area (Å²) in [6.07, 6.45) is 1.01. The van der Waals surface area contributed by atoms with E-state index in [1.807, 2.05) is 24.3 Å². The van der Waals surface area contributed by atoms with Crippen LogP contribution in [0.5, 0.6) is 5.75 Å². The van der Waals surface area contributed by atoms with Gasteiger partial charge in [0.1, 0.15) is 11.6 Å². The molecule has 0 radical (unpaired) electrons. The number of likely N-dealkylation sites (N-methyl/N-ethyl adjacent to an activating group) is 1. The lowest BCUT2D eigenvalue weighted by atomic mass is 10.1. The molecule has 4 heteroatoms. The Kier molecular flexibility index (Phi) is 5.53. The molecule has 0 atom stereocenters. The lowest BCUT2D eigenvalue weighted by Crippen LogP contribution is -2.30. The summed E-state index contributed by atoms with van der Waals surface area (Å²) in [6, 6.07) is 13.8. The predicted octanol–water partition coefficient (Wildman–Crippen LogP) is 3.08. The molecule has 116 valence electrons. The van der Waals surface area contributed by atoms with Crippen molar-refractivity contribution in [2.45, 2.75) is 12.8 Å². The highest BCUT2D eigenvalue weighted by Gasteiger charge is 2.11. The minimum absolute atomic E-state index is 0.0153. The summed E-state index contributed by atoms with van der Waals surface area (Å²) in [7, 11) is 3.42. The smallest absolute Gasteiger partial charge is 0.226 e. The molecular weight excluding hydrogens is 281 g/mol. The van der Waals surface area contributed by atoms with Gasteiger partial charge in [-0.3, -0.25) is 4.79 Å². The van der Waals surface area contributed by atoms with Crippen LogP contribution in [0.4, 0.5) is 4.39 Å². The number of benzene rings is 2. The van der Waals surface area contributed by atoms with Gasteiger partial charge in [0.15, 0.2) is 0 Å². The van der Waals surface area contributed by atoms with Crippen molar-refractivity contribution in [3.05, 3.63) is 65.5 Å². The second-order valence-electron chi connectivity index (χ2n) is 5.18. The Balaban J connectivity index is 1.90. The number of amides is 1. The van der Waals surface area contributed by atoms with Gasteiger partial charge in [-0.05, 0) is 35.7 Å². The predicted molar refractivity (Wildman–Crippen MR) is 84.4 cm³/mol. The van der Waals surface area contributed by atoms with E-state index in [-0.39, 0.29) is 18.1 Å². The average molecular weight is 301 g/mol. The Morgan fingerprint density at radius 1 is 1.14 bits per heavy atom. The van der Waals surface area contributed by atoms with Crippen LogP contribution in [0.15, 0.2) is 48.5 Å². The molecule has 0 N–H and O–H groups in total. The van der Waals surface area contributed by atoms with E-state index in [9.17, 15) is 9.18 Å². The van der Waals surface area contributed by atoms with Crippen molar-refractivity contribution in [3.8, 4) is 5.75 Å². The van der Waals surface area contributed by atoms with E-state index < -0.39 is 0 Å². The molecule has 1 amide bonds. The summed E-state index contributed by atoms with van der Waals surface area (Å²) >= 11 is 0. The van der Waals surface area contributed by atoms with E-state index in [2.05, 4.69) is 0 Å². The second-order valence-corrected chi connectivity index (χ2v) is 5.18. The molecule has 0 fully saturated rings. The molecule has 0 saturated heterocycles. The summed E-state index contributed by atoms with van der Waals surface area (Å²) in [6.45, 7) is 0.612. The molecule has 0 aliphatic heterocycles. The van der Waals surface area contributed by atoms with Gasteiger partial charge in [0.05, 0.1) is 13.5 Å². The number of para-hydroxylation sites is 1.